The first kappa shape index (κ1) is 15.0. The summed E-state index contributed by atoms with van der Waals surface area (Å²) in [4.78, 5) is 13.1. The van der Waals surface area contributed by atoms with Crippen LogP contribution in [0.3, 0.4) is 0 Å². The highest BCUT2D eigenvalue weighted by atomic mass is 16.5. The van der Waals surface area contributed by atoms with Crippen LogP contribution in [0.15, 0.2) is 6.20 Å². The van der Waals surface area contributed by atoms with Gasteiger partial charge in [0, 0.05) is 13.7 Å². The first-order valence-electron chi connectivity index (χ1n) is 7.27. The summed E-state index contributed by atoms with van der Waals surface area (Å²) in [6.07, 6.45) is 5.31. The van der Waals surface area contributed by atoms with Crippen LogP contribution in [0.1, 0.15) is 50.0 Å². The molecule has 1 aromatic rings. The van der Waals surface area contributed by atoms with Crippen molar-refractivity contribution in [1.82, 2.24) is 9.78 Å². The predicted octanol–water partition coefficient (Wildman–Crippen LogP) is 2.69. The molecule has 2 rings (SSSR count). The Morgan fingerprint density at radius 3 is 2.85 bits per heavy atom. The van der Waals surface area contributed by atoms with Gasteiger partial charge in [0.2, 0.25) is 5.78 Å². The second-order valence-electron chi connectivity index (χ2n) is 5.61. The molecule has 0 radical (unpaired) electrons. The maximum Gasteiger partial charge on any atom is 0.216 e. The Hall–Kier alpha value is -1.36. The molecule has 112 valence electrons. The third kappa shape index (κ3) is 2.46. The number of rotatable bonds is 5. The molecule has 1 saturated carbocycles. The van der Waals surface area contributed by atoms with Gasteiger partial charge < -0.3 is 9.47 Å². The lowest BCUT2D eigenvalue weighted by atomic mass is 9.75. The van der Waals surface area contributed by atoms with Gasteiger partial charge in [-0.05, 0) is 32.1 Å². The maximum absolute atomic E-state index is 13.1. The predicted molar refractivity (Wildman–Crippen MR) is 76.2 cm³/mol. The second-order valence-corrected chi connectivity index (χ2v) is 5.61. The maximum atomic E-state index is 13.1. The second kappa shape index (κ2) is 5.95. The molecule has 0 aromatic carbocycles. The summed E-state index contributed by atoms with van der Waals surface area (Å²) >= 11 is 0. The van der Waals surface area contributed by atoms with Crippen molar-refractivity contribution in [2.45, 2.75) is 51.7 Å². The number of aromatic nitrogens is 2. The number of Topliss-reactive ketones (excluding diaryl/α,β-unsaturated/α-hetero) is 1. The van der Waals surface area contributed by atoms with Crippen molar-refractivity contribution >= 4 is 5.78 Å². The van der Waals surface area contributed by atoms with E-state index in [1.807, 2.05) is 6.92 Å². The van der Waals surface area contributed by atoms with Crippen LogP contribution in [0.4, 0.5) is 0 Å². The quantitative estimate of drug-likeness (QED) is 0.778. The molecule has 5 nitrogen and oxygen atoms in total. The van der Waals surface area contributed by atoms with Crippen molar-refractivity contribution in [1.29, 1.82) is 0 Å². The number of hydrogen-bond acceptors (Lipinski definition) is 4. The van der Waals surface area contributed by atoms with Gasteiger partial charge in [0.15, 0.2) is 5.75 Å². The fourth-order valence-corrected chi connectivity index (χ4v) is 3.19. The lowest BCUT2D eigenvalue weighted by molar-refractivity contribution is -0.0311. The van der Waals surface area contributed by atoms with Gasteiger partial charge in [-0.1, -0.05) is 13.3 Å². The summed E-state index contributed by atoms with van der Waals surface area (Å²) in [5.41, 5.74) is -0.191. The van der Waals surface area contributed by atoms with E-state index in [0.29, 0.717) is 23.9 Å². The Morgan fingerprint density at radius 1 is 1.55 bits per heavy atom. The summed E-state index contributed by atoms with van der Waals surface area (Å²) in [5, 5.41) is 4.22. The van der Waals surface area contributed by atoms with E-state index < -0.39 is 5.60 Å². The molecule has 0 saturated heterocycles. The zero-order valence-corrected chi connectivity index (χ0v) is 12.8. The number of hydrogen-bond donors (Lipinski definition) is 0. The Kier molecular flexibility index (Phi) is 4.48. The van der Waals surface area contributed by atoms with Crippen LogP contribution < -0.4 is 4.74 Å². The van der Waals surface area contributed by atoms with Crippen molar-refractivity contribution < 1.29 is 14.3 Å². The smallest absolute Gasteiger partial charge is 0.216 e. The summed E-state index contributed by atoms with van der Waals surface area (Å²) in [7, 11) is 3.20. The minimum absolute atomic E-state index is 0.00255. The number of methoxy groups -OCH3 is 2. The van der Waals surface area contributed by atoms with Crippen molar-refractivity contribution in [3.8, 4) is 5.75 Å². The van der Waals surface area contributed by atoms with Crippen LogP contribution in [0, 0.1) is 5.92 Å². The van der Waals surface area contributed by atoms with Gasteiger partial charge in [-0.25, -0.2) is 0 Å². The van der Waals surface area contributed by atoms with Gasteiger partial charge in [-0.15, -0.1) is 0 Å². The number of aryl methyl sites for hydroxylation is 1. The molecule has 5 heteroatoms. The van der Waals surface area contributed by atoms with Crippen molar-refractivity contribution in [2.75, 3.05) is 14.2 Å². The number of carbonyl (C=O) groups excluding carboxylic acids is 1. The third-order valence-electron chi connectivity index (χ3n) is 4.30. The van der Waals surface area contributed by atoms with E-state index in [-0.39, 0.29) is 5.78 Å². The van der Waals surface area contributed by atoms with E-state index >= 15 is 0 Å². The first-order valence-corrected chi connectivity index (χ1v) is 7.27. The van der Waals surface area contributed by atoms with Crippen LogP contribution in [0.5, 0.6) is 5.75 Å². The van der Waals surface area contributed by atoms with Crippen LogP contribution in [-0.2, 0) is 11.3 Å². The van der Waals surface area contributed by atoms with E-state index in [4.69, 9.17) is 9.47 Å². The van der Waals surface area contributed by atoms with Gasteiger partial charge in [0.25, 0.3) is 0 Å². The van der Waals surface area contributed by atoms with Crippen LogP contribution in [0.2, 0.25) is 0 Å². The molecule has 0 N–H and O–H groups in total. The molecule has 2 unspecified atom stereocenters. The van der Waals surface area contributed by atoms with Crippen LogP contribution in [-0.4, -0.2) is 35.4 Å². The minimum Gasteiger partial charge on any atom is -0.493 e. The summed E-state index contributed by atoms with van der Waals surface area (Å²) in [6, 6.07) is 0. The molecule has 1 heterocycles. The molecule has 1 aliphatic carbocycles. The normalized spacial score (nSPS) is 26.5. The average molecular weight is 280 g/mol. The Bertz CT molecular complexity index is 462. The Morgan fingerprint density at radius 2 is 2.30 bits per heavy atom. The molecular weight excluding hydrogens is 256 g/mol. The Labute approximate surface area is 120 Å². The van der Waals surface area contributed by atoms with Crippen LogP contribution >= 0.6 is 0 Å². The zero-order valence-electron chi connectivity index (χ0n) is 12.8. The fourth-order valence-electron chi connectivity index (χ4n) is 3.19. The number of carbonyl (C=O) groups is 1. The standard InChI is InChI=1S/C15H24N2O3/c1-5-17-13(12(19-3)10-16-17)14(18)15(20-4)8-6-7-11(2)9-15/h10-11H,5-9H2,1-4H3. The summed E-state index contributed by atoms with van der Waals surface area (Å²) < 4.78 is 12.7. The average Bonchev–Trinajstić information content (AvgIpc) is 2.89. The van der Waals surface area contributed by atoms with Crippen molar-refractivity contribution in [3.63, 3.8) is 0 Å². The first-order chi connectivity index (χ1) is 9.57. The van der Waals surface area contributed by atoms with Gasteiger partial charge in [0.1, 0.15) is 11.3 Å². The molecule has 0 amide bonds. The van der Waals surface area contributed by atoms with Gasteiger partial charge >= 0.3 is 0 Å². The van der Waals surface area contributed by atoms with E-state index in [2.05, 4.69) is 12.0 Å². The van der Waals surface area contributed by atoms with E-state index in [0.717, 1.165) is 25.7 Å². The molecule has 2 atom stereocenters. The monoisotopic (exact) mass is 280 g/mol. The molecule has 1 aliphatic rings. The number of ketones is 1. The molecule has 0 bridgehead atoms. The summed E-state index contributed by atoms with van der Waals surface area (Å²) in [5.74, 6) is 1.03. The lowest BCUT2D eigenvalue weighted by Crippen LogP contribution is -2.45. The fraction of sp³-hybridized carbons (Fsp3) is 0.733. The SMILES string of the molecule is CCn1ncc(OC)c1C(=O)C1(OC)CCCC(C)C1. The molecule has 20 heavy (non-hydrogen) atoms. The molecule has 0 spiro atoms. The largest absolute Gasteiger partial charge is 0.493 e. The number of ether oxygens (including phenoxy) is 2. The molecular formula is C15H24N2O3. The third-order valence-corrected chi connectivity index (χ3v) is 4.30. The molecule has 1 fully saturated rings. The highest BCUT2D eigenvalue weighted by Crippen LogP contribution is 2.38. The highest BCUT2D eigenvalue weighted by Gasteiger charge is 2.44. The molecule has 0 aliphatic heterocycles. The number of nitrogens with zero attached hydrogens (tertiary/aromatic N) is 2. The molecule has 1 aromatic heterocycles. The van der Waals surface area contributed by atoms with E-state index in [1.165, 1.54) is 0 Å². The highest BCUT2D eigenvalue weighted by molar-refractivity contribution is 6.03. The topological polar surface area (TPSA) is 53.4 Å². The van der Waals surface area contributed by atoms with Gasteiger partial charge in [0.05, 0.1) is 13.3 Å². The van der Waals surface area contributed by atoms with Gasteiger partial charge in [-0.3, -0.25) is 9.48 Å². The van der Waals surface area contributed by atoms with E-state index in [9.17, 15) is 4.79 Å². The van der Waals surface area contributed by atoms with Crippen LogP contribution in [0.25, 0.3) is 0 Å². The summed E-state index contributed by atoms with van der Waals surface area (Å²) in [6.45, 7) is 4.78. The zero-order chi connectivity index (χ0) is 14.8. The minimum atomic E-state index is -0.724. The van der Waals surface area contributed by atoms with Crippen molar-refractivity contribution in [3.05, 3.63) is 11.9 Å². The van der Waals surface area contributed by atoms with Gasteiger partial charge in [-0.2, -0.15) is 5.10 Å². The van der Waals surface area contributed by atoms with E-state index in [1.54, 1.807) is 25.1 Å². The van der Waals surface area contributed by atoms with Crippen molar-refractivity contribution in [2.24, 2.45) is 5.92 Å². The lowest BCUT2D eigenvalue weighted by Gasteiger charge is -2.37. The Balaban J connectivity index is 2.40.